The highest BCUT2D eigenvalue weighted by atomic mass is 16.6. The van der Waals surface area contributed by atoms with Crippen LogP contribution in [0.1, 0.15) is 12.0 Å². The molecule has 1 aromatic heterocycles. The van der Waals surface area contributed by atoms with Crippen LogP contribution in [0.15, 0.2) is 18.2 Å². The van der Waals surface area contributed by atoms with Crippen LogP contribution < -0.4 is 0 Å². The second kappa shape index (κ2) is 5.98. The molecule has 0 amide bonds. The predicted octanol–water partition coefficient (Wildman–Crippen LogP) is 0.807. The monoisotopic (exact) mass is 277 g/mol. The van der Waals surface area contributed by atoms with Gasteiger partial charge in [-0.1, -0.05) is 6.07 Å². The van der Waals surface area contributed by atoms with Gasteiger partial charge in [-0.15, -0.1) is 0 Å². The Kier molecular flexibility index (Phi) is 3.89. The van der Waals surface area contributed by atoms with E-state index in [4.69, 9.17) is 14.2 Å². The standard InChI is InChI=1S/C13H15N3O4/c17-13(8-19-10-3-4-18-7-10)20-6-9-1-2-11-12(5-9)15-16-14-11/h1-2,5,10H,3-4,6-8H2,(H,14,15,16)/t10-/m1/s1. The summed E-state index contributed by atoms with van der Waals surface area (Å²) in [5, 5.41) is 10.5. The van der Waals surface area contributed by atoms with Crippen molar-refractivity contribution in [3.05, 3.63) is 23.8 Å². The lowest BCUT2D eigenvalue weighted by Crippen LogP contribution is -2.20. The molecule has 7 heteroatoms. The average Bonchev–Trinajstić information content (AvgIpc) is 3.13. The van der Waals surface area contributed by atoms with Gasteiger partial charge < -0.3 is 14.2 Å². The first kappa shape index (κ1) is 13.0. The van der Waals surface area contributed by atoms with E-state index in [0.29, 0.717) is 13.2 Å². The highest BCUT2D eigenvalue weighted by Crippen LogP contribution is 2.12. The minimum Gasteiger partial charge on any atom is -0.459 e. The lowest BCUT2D eigenvalue weighted by molar-refractivity contribution is -0.152. The lowest BCUT2D eigenvalue weighted by atomic mass is 10.2. The van der Waals surface area contributed by atoms with Crippen molar-refractivity contribution in [2.75, 3.05) is 19.8 Å². The number of carbonyl (C=O) groups is 1. The molecule has 7 nitrogen and oxygen atoms in total. The van der Waals surface area contributed by atoms with Gasteiger partial charge in [0.15, 0.2) is 0 Å². The molecular weight excluding hydrogens is 262 g/mol. The molecule has 3 rings (SSSR count). The number of ether oxygens (including phenoxy) is 3. The Bertz CT molecular complexity index is 592. The van der Waals surface area contributed by atoms with Gasteiger partial charge in [-0.2, -0.15) is 15.4 Å². The molecule has 1 aliphatic heterocycles. The number of hydrogen-bond acceptors (Lipinski definition) is 6. The van der Waals surface area contributed by atoms with Crippen LogP contribution in [0.5, 0.6) is 0 Å². The van der Waals surface area contributed by atoms with Crippen molar-refractivity contribution in [3.63, 3.8) is 0 Å². The Morgan fingerprint density at radius 2 is 2.30 bits per heavy atom. The zero-order valence-electron chi connectivity index (χ0n) is 10.9. The summed E-state index contributed by atoms with van der Waals surface area (Å²) in [6.45, 7) is 1.40. The van der Waals surface area contributed by atoms with E-state index in [1.165, 1.54) is 0 Å². The fraction of sp³-hybridized carbons (Fsp3) is 0.462. The third kappa shape index (κ3) is 3.12. The number of benzene rings is 1. The van der Waals surface area contributed by atoms with Gasteiger partial charge in [0.1, 0.15) is 24.2 Å². The molecule has 0 saturated carbocycles. The zero-order valence-corrected chi connectivity index (χ0v) is 10.9. The molecule has 0 unspecified atom stereocenters. The quantitative estimate of drug-likeness (QED) is 0.814. The molecular formula is C13H15N3O4. The maximum atomic E-state index is 11.6. The molecule has 1 N–H and O–H groups in total. The van der Waals surface area contributed by atoms with E-state index in [9.17, 15) is 4.79 Å². The van der Waals surface area contributed by atoms with Gasteiger partial charge in [-0.3, -0.25) is 0 Å². The number of esters is 1. The third-order valence-corrected chi connectivity index (χ3v) is 3.11. The molecule has 1 aromatic carbocycles. The Hall–Kier alpha value is -1.99. The molecule has 1 atom stereocenters. The first-order valence-corrected chi connectivity index (χ1v) is 6.45. The number of fused-ring (bicyclic) bond motifs is 1. The molecule has 2 aromatic rings. The van der Waals surface area contributed by atoms with Crippen molar-refractivity contribution >= 4 is 17.0 Å². The minimum atomic E-state index is -0.378. The van der Waals surface area contributed by atoms with E-state index in [1.807, 2.05) is 18.2 Å². The number of nitrogens with one attached hydrogen (secondary N) is 1. The Morgan fingerprint density at radius 1 is 1.40 bits per heavy atom. The highest BCUT2D eigenvalue weighted by molar-refractivity contribution is 5.74. The van der Waals surface area contributed by atoms with Gasteiger partial charge in [0.25, 0.3) is 0 Å². The first-order chi connectivity index (χ1) is 9.81. The van der Waals surface area contributed by atoms with Crippen molar-refractivity contribution in [1.82, 2.24) is 15.4 Å². The molecule has 0 bridgehead atoms. The predicted molar refractivity (Wildman–Crippen MR) is 68.9 cm³/mol. The number of aromatic nitrogens is 3. The molecule has 106 valence electrons. The van der Waals surface area contributed by atoms with Crippen LogP contribution in [0.3, 0.4) is 0 Å². The first-order valence-electron chi connectivity index (χ1n) is 6.45. The Labute approximate surface area is 115 Å². The lowest BCUT2D eigenvalue weighted by Gasteiger charge is -2.09. The maximum absolute atomic E-state index is 11.6. The normalized spacial score (nSPS) is 18.5. The van der Waals surface area contributed by atoms with Gasteiger partial charge in [0.2, 0.25) is 0 Å². The van der Waals surface area contributed by atoms with Crippen molar-refractivity contribution in [2.24, 2.45) is 0 Å². The Morgan fingerprint density at radius 3 is 3.15 bits per heavy atom. The van der Waals surface area contributed by atoms with E-state index in [2.05, 4.69) is 15.4 Å². The largest absolute Gasteiger partial charge is 0.459 e. The van der Waals surface area contributed by atoms with E-state index < -0.39 is 0 Å². The summed E-state index contributed by atoms with van der Waals surface area (Å²) in [5.74, 6) is -0.378. The molecule has 0 spiro atoms. The Balaban J connectivity index is 1.46. The number of rotatable bonds is 5. The average molecular weight is 277 g/mol. The smallest absolute Gasteiger partial charge is 0.332 e. The number of carbonyl (C=O) groups excluding carboxylic acids is 1. The summed E-state index contributed by atoms with van der Waals surface area (Å²) < 4.78 is 15.7. The molecule has 1 aliphatic rings. The fourth-order valence-electron chi connectivity index (χ4n) is 2.01. The van der Waals surface area contributed by atoms with Crippen LogP contribution in [-0.4, -0.2) is 47.3 Å². The van der Waals surface area contributed by atoms with Gasteiger partial charge in [0.05, 0.1) is 12.7 Å². The van der Waals surface area contributed by atoms with Gasteiger partial charge in [-0.25, -0.2) is 4.79 Å². The molecule has 2 heterocycles. The van der Waals surface area contributed by atoms with Crippen LogP contribution in [0.2, 0.25) is 0 Å². The van der Waals surface area contributed by atoms with Crippen molar-refractivity contribution in [3.8, 4) is 0 Å². The van der Waals surface area contributed by atoms with Gasteiger partial charge >= 0.3 is 5.97 Å². The topological polar surface area (TPSA) is 86.3 Å². The van der Waals surface area contributed by atoms with Gasteiger partial charge in [0, 0.05) is 6.61 Å². The van der Waals surface area contributed by atoms with Gasteiger partial charge in [-0.05, 0) is 24.1 Å². The summed E-state index contributed by atoms with van der Waals surface area (Å²) >= 11 is 0. The highest BCUT2D eigenvalue weighted by Gasteiger charge is 2.17. The van der Waals surface area contributed by atoms with Crippen molar-refractivity contribution in [2.45, 2.75) is 19.1 Å². The van der Waals surface area contributed by atoms with E-state index >= 15 is 0 Å². The van der Waals surface area contributed by atoms with E-state index in [0.717, 1.165) is 23.0 Å². The van der Waals surface area contributed by atoms with Crippen molar-refractivity contribution in [1.29, 1.82) is 0 Å². The van der Waals surface area contributed by atoms with Crippen LogP contribution in [0, 0.1) is 0 Å². The number of nitrogens with zero attached hydrogens (tertiary/aromatic N) is 2. The SMILES string of the molecule is O=C(CO[C@@H]1CCOC1)OCc1ccc2n[nH]nc2c1. The van der Waals surface area contributed by atoms with Crippen molar-refractivity contribution < 1.29 is 19.0 Å². The zero-order chi connectivity index (χ0) is 13.8. The minimum absolute atomic E-state index is 0.00836. The van der Waals surface area contributed by atoms with Crippen LogP contribution in [0.4, 0.5) is 0 Å². The van der Waals surface area contributed by atoms with E-state index in [-0.39, 0.29) is 25.3 Å². The van der Waals surface area contributed by atoms with Crippen LogP contribution >= 0.6 is 0 Å². The summed E-state index contributed by atoms with van der Waals surface area (Å²) in [6, 6.07) is 5.51. The summed E-state index contributed by atoms with van der Waals surface area (Å²) in [7, 11) is 0. The number of aromatic amines is 1. The molecule has 20 heavy (non-hydrogen) atoms. The fourth-order valence-corrected chi connectivity index (χ4v) is 2.01. The summed E-state index contributed by atoms with van der Waals surface area (Å²) in [4.78, 5) is 11.6. The second-order valence-corrected chi connectivity index (χ2v) is 4.60. The molecule has 1 fully saturated rings. The van der Waals surface area contributed by atoms with Crippen LogP contribution in [0.25, 0.3) is 11.0 Å². The molecule has 1 saturated heterocycles. The van der Waals surface area contributed by atoms with Crippen LogP contribution in [-0.2, 0) is 25.6 Å². The molecule has 0 radical (unpaired) electrons. The maximum Gasteiger partial charge on any atom is 0.332 e. The van der Waals surface area contributed by atoms with E-state index in [1.54, 1.807) is 0 Å². The summed E-state index contributed by atoms with van der Waals surface area (Å²) in [6.07, 6.45) is 0.838. The third-order valence-electron chi connectivity index (χ3n) is 3.11. The summed E-state index contributed by atoms with van der Waals surface area (Å²) in [5.41, 5.74) is 2.39. The number of H-pyrrole nitrogens is 1. The second-order valence-electron chi connectivity index (χ2n) is 4.60. The molecule has 0 aliphatic carbocycles. The number of hydrogen-bond donors (Lipinski definition) is 1.